The Morgan fingerprint density at radius 3 is 1.67 bits per heavy atom. The fourth-order valence-corrected chi connectivity index (χ4v) is 2.98. The van der Waals surface area contributed by atoms with E-state index < -0.39 is 5.66 Å². The van der Waals surface area contributed by atoms with Crippen LogP contribution in [0, 0.1) is 0 Å². The maximum atomic E-state index is 6.14. The number of hydrogen-bond acceptors (Lipinski definition) is 4. The van der Waals surface area contributed by atoms with E-state index in [4.69, 9.17) is 22.9 Å². The van der Waals surface area contributed by atoms with E-state index in [9.17, 15) is 0 Å². The molecule has 0 radical (unpaired) electrons. The lowest BCUT2D eigenvalue weighted by molar-refractivity contribution is 0.276. The first-order valence-corrected chi connectivity index (χ1v) is 8.57. The maximum absolute atomic E-state index is 6.14. The second-order valence-electron chi connectivity index (χ2n) is 6.96. The molecule has 1 saturated carbocycles. The summed E-state index contributed by atoms with van der Waals surface area (Å²) in [6, 6.07) is 19.6. The van der Waals surface area contributed by atoms with Crippen LogP contribution in [-0.4, -0.2) is 11.6 Å². The molecule has 0 aromatic heterocycles. The van der Waals surface area contributed by atoms with E-state index in [1.807, 2.05) is 60.7 Å². The van der Waals surface area contributed by atoms with Crippen molar-refractivity contribution in [3.8, 4) is 0 Å². The van der Waals surface area contributed by atoms with Crippen molar-refractivity contribution in [2.24, 2.45) is 22.9 Å². The van der Waals surface area contributed by atoms with E-state index in [0.717, 1.165) is 24.0 Å². The van der Waals surface area contributed by atoms with Crippen LogP contribution in [-0.2, 0) is 5.66 Å². The second-order valence-corrected chi connectivity index (χ2v) is 6.96. The Morgan fingerprint density at radius 2 is 1.33 bits per heavy atom. The van der Waals surface area contributed by atoms with Gasteiger partial charge in [-0.3, -0.25) is 0 Å². The SMILES string of the molecule is CC1(N)CCCCC1N.NC(N)(c1ccccc1)c1ccccc1. The molecule has 0 bridgehead atoms. The molecular weight excluding hydrogens is 296 g/mol. The summed E-state index contributed by atoms with van der Waals surface area (Å²) >= 11 is 0. The van der Waals surface area contributed by atoms with Crippen LogP contribution in [0.3, 0.4) is 0 Å². The summed E-state index contributed by atoms with van der Waals surface area (Å²) < 4.78 is 0. The first kappa shape index (κ1) is 18.6. The van der Waals surface area contributed by atoms with Gasteiger partial charge in [0.15, 0.2) is 0 Å². The summed E-state index contributed by atoms with van der Waals surface area (Å²) in [5.74, 6) is 0. The molecule has 1 aliphatic rings. The van der Waals surface area contributed by atoms with Crippen LogP contribution < -0.4 is 22.9 Å². The van der Waals surface area contributed by atoms with Crippen molar-refractivity contribution in [2.45, 2.75) is 49.9 Å². The Balaban J connectivity index is 0.000000198. The zero-order valence-corrected chi connectivity index (χ0v) is 14.5. The molecule has 0 amide bonds. The van der Waals surface area contributed by atoms with E-state index in [1.54, 1.807) is 0 Å². The Labute approximate surface area is 145 Å². The van der Waals surface area contributed by atoms with Crippen LogP contribution in [0.2, 0.25) is 0 Å². The molecule has 2 atom stereocenters. The number of rotatable bonds is 2. The van der Waals surface area contributed by atoms with E-state index in [0.29, 0.717) is 0 Å². The lowest BCUT2D eigenvalue weighted by Gasteiger charge is -2.35. The van der Waals surface area contributed by atoms with Gasteiger partial charge in [-0.1, -0.05) is 73.5 Å². The fourth-order valence-electron chi connectivity index (χ4n) is 2.98. The first-order chi connectivity index (χ1) is 11.3. The van der Waals surface area contributed by atoms with Crippen molar-refractivity contribution < 1.29 is 0 Å². The third-order valence-electron chi connectivity index (χ3n) is 4.83. The van der Waals surface area contributed by atoms with Gasteiger partial charge in [-0.2, -0.15) is 0 Å². The van der Waals surface area contributed by atoms with Crippen LogP contribution >= 0.6 is 0 Å². The van der Waals surface area contributed by atoms with Crippen LogP contribution in [0.5, 0.6) is 0 Å². The van der Waals surface area contributed by atoms with Crippen molar-refractivity contribution in [1.82, 2.24) is 0 Å². The Bertz CT molecular complexity index is 567. The van der Waals surface area contributed by atoms with Gasteiger partial charge in [0.2, 0.25) is 0 Å². The van der Waals surface area contributed by atoms with Crippen molar-refractivity contribution in [3.05, 3.63) is 71.8 Å². The summed E-state index contributed by atoms with van der Waals surface area (Å²) in [6.45, 7) is 2.05. The van der Waals surface area contributed by atoms with Crippen LogP contribution in [0.1, 0.15) is 43.7 Å². The normalized spacial score (nSPS) is 24.0. The molecule has 8 N–H and O–H groups in total. The molecule has 1 fully saturated rings. The summed E-state index contributed by atoms with van der Waals surface area (Å²) in [7, 11) is 0. The van der Waals surface area contributed by atoms with E-state index in [2.05, 4.69) is 6.92 Å². The van der Waals surface area contributed by atoms with Crippen molar-refractivity contribution >= 4 is 0 Å². The number of benzene rings is 2. The predicted octanol–water partition coefficient (Wildman–Crippen LogP) is 2.41. The highest BCUT2D eigenvalue weighted by Crippen LogP contribution is 2.24. The van der Waals surface area contributed by atoms with Gasteiger partial charge in [-0.05, 0) is 30.9 Å². The van der Waals surface area contributed by atoms with Crippen molar-refractivity contribution in [3.63, 3.8) is 0 Å². The minimum absolute atomic E-state index is 0.0851. The quantitative estimate of drug-likeness (QED) is 0.636. The van der Waals surface area contributed by atoms with Gasteiger partial charge >= 0.3 is 0 Å². The van der Waals surface area contributed by atoms with Crippen LogP contribution in [0.4, 0.5) is 0 Å². The molecule has 0 spiro atoms. The van der Waals surface area contributed by atoms with Crippen LogP contribution in [0.15, 0.2) is 60.7 Å². The fraction of sp³-hybridized carbons (Fsp3) is 0.400. The molecule has 0 heterocycles. The molecular formula is C20H30N4. The highest BCUT2D eigenvalue weighted by Gasteiger charge is 2.29. The molecule has 2 aromatic rings. The monoisotopic (exact) mass is 326 g/mol. The summed E-state index contributed by atoms with van der Waals surface area (Å²) in [5.41, 5.74) is 24.8. The first-order valence-electron chi connectivity index (χ1n) is 8.57. The molecule has 3 rings (SSSR count). The van der Waals surface area contributed by atoms with E-state index in [-0.39, 0.29) is 11.6 Å². The molecule has 130 valence electrons. The Morgan fingerprint density at radius 1 is 0.875 bits per heavy atom. The minimum atomic E-state index is -0.914. The zero-order valence-electron chi connectivity index (χ0n) is 14.5. The third kappa shape index (κ3) is 4.65. The van der Waals surface area contributed by atoms with Gasteiger partial charge in [0, 0.05) is 11.6 Å². The summed E-state index contributed by atoms with van der Waals surface area (Å²) in [6.07, 6.45) is 4.70. The molecule has 2 aromatic carbocycles. The lowest BCUT2D eigenvalue weighted by Crippen LogP contribution is -2.54. The van der Waals surface area contributed by atoms with Crippen molar-refractivity contribution in [2.75, 3.05) is 0 Å². The molecule has 1 aliphatic carbocycles. The Hall–Kier alpha value is -1.72. The smallest absolute Gasteiger partial charge is 0.116 e. The number of nitrogens with two attached hydrogens (primary N) is 4. The van der Waals surface area contributed by atoms with Gasteiger partial charge in [0.05, 0.1) is 0 Å². The zero-order chi connectivity index (χ0) is 17.6. The molecule has 0 saturated heterocycles. The van der Waals surface area contributed by atoms with Gasteiger partial charge in [-0.25, -0.2) is 0 Å². The van der Waals surface area contributed by atoms with E-state index in [1.165, 1.54) is 12.8 Å². The largest absolute Gasteiger partial charge is 0.326 e. The summed E-state index contributed by atoms with van der Waals surface area (Å²) in [5, 5.41) is 0. The number of hydrogen-bond donors (Lipinski definition) is 4. The maximum Gasteiger partial charge on any atom is 0.116 e. The highest BCUT2D eigenvalue weighted by molar-refractivity contribution is 5.35. The average Bonchev–Trinajstić information content (AvgIpc) is 2.60. The standard InChI is InChI=1S/C13H14N2.C7H16N2/c14-13(15,11-7-3-1-4-8-11)12-9-5-2-6-10-12;1-7(9)5-3-2-4-6(7)8/h1-10H,14-15H2;6H,2-5,8-9H2,1H3. The average molecular weight is 326 g/mol. The predicted molar refractivity (Wildman–Crippen MR) is 101 cm³/mol. The topological polar surface area (TPSA) is 104 Å². The Kier molecular flexibility index (Phi) is 6.13. The second kappa shape index (κ2) is 7.90. The third-order valence-corrected chi connectivity index (χ3v) is 4.83. The molecule has 4 heteroatoms. The minimum Gasteiger partial charge on any atom is -0.326 e. The molecule has 24 heavy (non-hydrogen) atoms. The van der Waals surface area contributed by atoms with Crippen LogP contribution in [0.25, 0.3) is 0 Å². The van der Waals surface area contributed by atoms with Gasteiger partial charge < -0.3 is 22.9 Å². The molecule has 2 unspecified atom stereocenters. The molecule has 4 nitrogen and oxygen atoms in total. The molecule has 0 aliphatic heterocycles. The van der Waals surface area contributed by atoms with Crippen molar-refractivity contribution in [1.29, 1.82) is 0 Å². The van der Waals surface area contributed by atoms with E-state index >= 15 is 0 Å². The lowest BCUT2D eigenvalue weighted by atomic mass is 9.80. The summed E-state index contributed by atoms with van der Waals surface area (Å²) in [4.78, 5) is 0. The van der Waals surface area contributed by atoms with Gasteiger partial charge in [-0.15, -0.1) is 0 Å². The highest BCUT2D eigenvalue weighted by atomic mass is 15.0. The van der Waals surface area contributed by atoms with Gasteiger partial charge in [0.25, 0.3) is 0 Å². The van der Waals surface area contributed by atoms with Gasteiger partial charge in [0.1, 0.15) is 5.66 Å².